The van der Waals surface area contributed by atoms with Gasteiger partial charge in [0.15, 0.2) is 0 Å². The molecular formula is C3H7N2U-. The standard InChI is InChI=1S/C3H7N2.U/c1-2-5-3-4-1;/h3-5H,1-2H2;/q-1;. The molecule has 3 heteroatoms. The molecule has 0 aliphatic carbocycles. The van der Waals surface area contributed by atoms with E-state index in [0.717, 1.165) is 13.1 Å². The van der Waals surface area contributed by atoms with E-state index in [9.17, 15) is 0 Å². The molecule has 1 fully saturated rings. The molecule has 0 saturated carbocycles. The van der Waals surface area contributed by atoms with Gasteiger partial charge in [0.05, 0.1) is 0 Å². The van der Waals surface area contributed by atoms with Crippen LogP contribution in [0.5, 0.6) is 0 Å². The first-order valence-corrected chi connectivity index (χ1v) is 1.78. The Morgan fingerprint density at radius 2 is 1.67 bits per heavy atom. The van der Waals surface area contributed by atoms with Crippen LogP contribution >= 0.6 is 0 Å². The van der Waals surface area contributed by atoms with E-state index in [1.807, 2.05) is 6.67 Å². The molecule has 6 heavy (non-hydrogen) atoms. The summed E-state index contributed by atoms with van der Waals surface area (Å²) in [6.45, 7) is 4.03. The Labute approximate surface area is 61.4 Å². The molecular weight excluding hydrogens is 302 g/mol. The molecule has 1 heterocycles. The predicted octanol–water partition coefficient (Wildman–Crippen LogP) is -0.702. The summed E-state index contributed by atoms with van der Waals surface area (Å²) >= 11 is 0. The quantitative estimate of drug-likeness (QED) is 0.578. The smallest absolute Gasteiger partial charge is 0 e. The summed E-state index contributed by atoms with van der Waals surface area (Å²) in [4.78, 5) is 0. The van der Waals surface area contributed by atoms with Crippen molar-refractivity contribution in [1.29, 1.82) is 0 Å². The van der Waals surface area contributed by atoms with Crippen molar-refractivity contribution in [2.24, 2.45) is 0 Å². The van der Waals surface area contributed by atoms with Crippen molar-refractivity contribution in [2.45, 2.75) is 0 Å². The molecule has 0 bridgehead atoms. The molecule has 2 nitrogen and oxygen atoms in total. The monoisotopic (exact) mass is 309 g/mol. The van der Waals surface area contributed by atoms with Crippen molar-refractivity contribution in [3.05, 3.63) is 6.67 Å². The van der Waals surface area contributed by atoms with Gasteiger partial charge in [-0.05, 0) is 13.1 Å². The fourth-order valence-electron chi connectivity index (χ4n) is 0.361. The van der Waals surface area contributed by atoms with Gasteiger partial charge in [0.25, 0.3) is 0 Å². The van der Waals surface area contributed by atoms with Crippen LogP contribution in [0.3, 0.4) is 0 Å². The zero-order chi connectivity index (χ0) is 3.54. The Morgan fingerprint density at radius 3 is 1.83 bits per heavy atom. The SMILES string of the molecule is [CH-]1NCCN1.[U]. The van der Waals surface area contributed by atoms with Crippen molar-refractivity contribution in [3.8, 4) is 0 Å². The average molecular weight is 309 g/mol. The molecule has 2 N–H and O–H groups in total. The molecule has 34 valence electrons. The molecule has 0 amide bonds. The molecule has 0 radical (unpaired) electrons. The van der Waals surface area contributed by atoms with Crippen molar-refractivity contribution in [3.63, 3.8) is 0 Å². The first kappa shape index (κ1) is 6.97. The molecule has 1 rings (SSSR count). The summed E-state index contributed by atoms with van der Waals surface area (Å²) in [5.74, 6) is 0. The van der Waals surface area contributed by atoms with Gasteiger partial charge in [0, 0.05) is 31.1 Å². The van der Waals surface area contributed by atoms with E-state index < -0.39 is 0 Å². The fraction of sp³-hybridized carbons (Fsp3) is 0.667. The topological polar surface area (TPSA) is 24.1 Å². The zero-order valence-electron chi connectivity index (χ0n) is 3.49. The first-order chi connectivity index (χ1) is 2.50. The maximum absolute atomic E-state index is 2.99. The van der Waals surface area contributed by atoms with Crippen molar-refractivity contribution in [2.75, 3.05) is 13.1 Å². The molecule has 1 saturated heterocycles. The minimum Gasteiger partial charge on any atom is -0.455 e. The van der Waals surface area contributed by atoms with Gasteiger partial charge in [-0.15, -0.1) is 0 Å². The number of hydrogen-bond acceptors (Lipinski definition) is 2. The van der Waals surface area contributed by atoms with Gasteiger partial charge in [-0.1, -0.05) is 0 Å². The third-order valence-corrected chi connectivity index (χ3v) is 0.618. The summed E-state index contributed by atoms with van der Waals surface area (Å²) < 4.78 is 0. The Bertz CT molecular complexity index is 20.4. The van der Waals surface area contributed by atoms with Crippen molar-refractivity contribution in [1.82, 2.24) is 10.6 Å². The second-order valence-electron chi connectivity index (χ2n) is 1.05. The Morgan fingerprint density at radius 1 is 1.17 bits per heavy atom. The average Bonchev–Trinajstić information content (AvgIpc) is 1.76. The van der Waals surface area contributed by atoms with Gasteiger partial charge in [-0.3, -0.25) is 0 Å². The van der Waals surface area contributed by atoms with Crippen molar-refractivity contribution >= 4 is 0 Å². The maximum Gasteiger partial charge on any atom is 0 e. The molecule has 0 atom stereocenters. The summed E-state index contributed by atoms with van der Waals surface area (Å²) in [5.41, 5.74) is 0. The van der Waals surface area contributed by atoms with E-state index in [2.05, 4.69) is 10.6 Å². The molecule has 1 aliphatic heterocycles. The summed E-state index contributed by atoms with van der Waals surface area (Å²) in [6.07, 6.45) is 0. The summed E-state index contributed by atoms with van der Waals surface area (Å²) in [6, 6.07) is 0. The number of nitrogens with one attached hydrogen (secondary N) is 2. The van der Waals surface area contributed by atoms with Crippen molar-refractivity contribution < 1.29 is 31.1 Å². The van der Waals surface area contributed by atoms with Crippen LogP contribution in [0, 0.1) is 37.8 Å². The third kappa shape index (κ3) is 2.20. The van der Waals surface area contributed by atoms with E-state index in [0.29, 0.717) is 0 Å². The van der Waals surface area contributed by atoms with Crippen LogP contribution in [0.2, 0.25) is 0 Å². The van der Waals surface area contributed by atoms with E-state index in [1.165, 1.54) is 0 Å². The third-order valence-electron chi connectivity index (χ3n) is 0.618. The maximum atomic E-state index is 2.99. The summed E-state index contributed by atoms with van der Waals surface area (Å²) in [5, 5.41) is 5.97. The summed E-state index contributed by atoms with van der Waals surface area (Å²) in [7, 11) is 0. The second kappa shape index (κ2) is 4.14. The first-order valence-electron chi connectivity index (χ1n) is 1.78. The van der Waals surface area contributed by atoms with E-state index in [1.54, 1.807) is 0 Å². The predicted molar refractivity (Wildman–Crippen MR) is 20.3 cm³/mol. The van der Waals surface area contributed by atoms with Gasteiger partial charge in [-0.2, -0.15) is 0 Å². The van der Waals surface area contributed by atoms with Gasteiger partial charge < -0.3 is 10.6 Å². The van der Waals surface area contributed by atoms with Crippen LogP contribution in [0.15, 0.2) is 0 Å². The van der Waals surface area contributed by atoms with Crippen LogP contribution < -0.4 is 10.6 Å². The molecule has 0 aromatic heterocycles. The number of hydrogen-bond donors (Lipinski definition) is 2. The molecule has 0 aromatic carbocycles. The Hall–Kier alpha value is 0.972. The second-order valence-corrected chi connectivity index (χ2v) is 1.05. The Balaban J connectivity index is 0.000000250. The minimum atomic E-state index is 0. The van der Waals surface area contributed by atoms with Crippen LogP contribution in [0.4, 0.5) is 0 Å². The molecule has 0 aromatic rings. The Kier molecular flexibility index (Phi) is 4.81. The molecule has 0 unspecified atom stereocenters. The number of rotatable bonds is 0. The normalized spacial score (nSPS) is 20.0. The molecule has 0 spiro atoms. The van der Waals surface area contributed by atoms with E-state index >= 15 is 0 Å². The van der Waals surface area contributed by atoms with Gasteiger partial charge in [-0.25, -0.2) is 6.67 Å². The molecule has 1 aliphatic rings. The van der Waals surface area contributed by atoms with Crippen LogP contribution in [0.25, 0.3) is 0 Å². The minimum absolute atomic E-state index is 0. The van der Waals surface area contributed by atoms with Crippen LogP contribution in [-0.2, 0) is 0 Å². The fourth-order valence-corrected chi connectivity index (χ4v) is 0.361. The van der Waals surface area contributed by atoms with Gasteiger partial charge in [0.1, 0.15) is 0 Å². The van der Waals surface area contributed by atoms with Crippen LogP contribution in [-0.4, -0.2) is 13.1 Å². The van der Waals surface area contributed by atoms with E-state index in [4.69, 9.17) is 0 Å². The largest absolute Gasteiger partial charge is 0.455 e. The van der Waals surface area contributed by atoms with E-state index in [-0.39, 0.29) is 31.1 Å². The van der Waals surface area contributed by atoms with Gasteiger partial charge in [0.2, 0.25) is 0 Å². The zero-order valence-corrected chi connectivity index (χ0v) is 7.66. The van der Waals surface area contributed by atoms with Gasteiger partial charge >= 0.3 is 0 Å². The van der Waals surface area contributed by atoms with Crippen LogP contribution in [0.1, 0.15) is 0 Å².